The summed E-state index contributed by atoms with van der Waals surface area (Å²) in [6.45, 7) is 3.11. The molecule has 1 amide bonds. The van der Waals surface area contributed by atoms with Crippen LogP contribution in [0.3, 0.4) is 0 Å². The molecule has 3 fully saturated rings. The molecule has 2 N–H and O–H groups in total. The van der Waals surface area contributed by atoms with Crippen molar-refractivity contribution in [3.8, 4) is 0 Å². The van der Waals surface area contributed by atoms with Gasteiger partial charge in [-0.15, -0.1) is 0 Å². The molecular weight excluding hydrogens is 314 g/mol. The van der Waals surface area contributed by atoms with Gasteiger partial charge in [-0.25, -0.2) is 0 Å². The van der Waals surface area contributed by atoms with Gasteiger partial charge >= 0.3 is 0 Å². The second-order valence-electron chi connectivity index (χ2n) is 5.47. The van der Waals surface area contributed by atoms with E-state index < -0.39 is 0 Å². The molecular formula is C12H18BrN3O3. The summed E-state index contributed by atoms with van der Waals surface area (Å²) in [4.78, 5) is 12.0. The Morgan fingerprint density at radius 1 is 1.53 bits per heavy atom. The lowest BCUT2D eigenvalue weighted by atomic mass is 9.83. The Kier molecular flexibility index (Phi) is 4.27. The van der Waals surface area contributed by atoms with Crippen LogP contribution in [0.1, 0.15) is 12.8 Å². The van der Waals surface area contributed by atoms with E-state index in [0.29, 0.717) is 29.3 Å². The molecule has 1 aromatic heterocycles. The van der Waals surface area contributed by atoms with Crippen LogP contribution in [-0.4, -0.2) is 52.9 Å². The highest BCUT2D eigenvalue weighted by Crippen LogP contribution is 2.33. The van der Waals surface area contributed by atoms with Gasteiger partial charge in [-0.1, -0.05) is 5.16 Å². The Labute approximate surface area is 122 Å². The van der Waals surface area contributed by atoms with Gasteiger partial charge in [-0.2, -0.15) is 0 Å². The number of carbonyl (C=O) groups excluding carboxylic acids is 1. The summed E-state index contributed by atoms with van der Waals surface area (Å²) in [6, 6.07) is 1.62. The maximum Gasteiger partial charge on any atom is 0.280 e. The highest BCUT2D eigenvalue weighted by molar-refractivity contribution is 5.90. The lowest BCUT2D eigenvalue weighted by Gasteiger charge is -2.50. The van der Waals surface area contributed by atoms with Gasteiger partial charge in [0.2, 0.25) is 0 Å². The van der Waals surface area contributed by atoms with Crippen molar-refractivity contribution in [2.75, 3.05) is 31.5 Å². The van der Waals surface area contributed by atoms with Gasteiger partial charge in [0, 0.05) is 24.8 Å². The van der Waals surface area contributed by atoms with Crippen LogP contribution in [0.2, 0.25) is 0 Å². The van der Waals surface area contributed by atoms with Crippen LogP contribution >= 0.6 is 0 Å². The number of hydrogen-bond donors (Lipinski definition) is 2. The van der Waals surface area contributed by atoms with Crippen LogP contribution in [0.4, 0.5) is 5.82 Å². The Bertz CT molecular complexity index is 429. The van der Waals surface area contributed by atoms with Crippen molar-refractivity contribution in [2.24, 2.45) is 5.92 Å². The molecule has 1 atom stereocenters. The van der Waals surface area contributed by atoms with E-state index >= 15 is 0 Å². The first-order chi connectivity index (χ1) is 8.67. The van der Waals surface area contributed by atoms with Crippen LogP contribution in [0, 0.1) is 5.92 Å². The first kappa shape index (κ1) is 14.5. The molecule has 3 aliphatic rings. The number of aliphatic hydroxyl groups is 1. The second-order valence-corrected chi connectivity index (χ2v) is 5.47. The zero-order chi connectivity index (χ0) is 12.6. The fraction of sp³-hybridized carbons (Fsp3) is 0.667. The molecule has 106 valence electrons. The number of nitrogens with one attached hydrogen (secondary N) is 1. The Hall–Kier alpha value is -0.920. The molecule has 0 aliphatic carbocycles. The number of piperidine rings is 3. The SMILES string of the molecule is O=C(C[N+]12CCC(CC1)[C@@H](O)C2)Nc1ccon1.[Br-]. The summed E-state index contributed by atoms with van der Waals surface area (Å²) in [5.41, 5.74) is 0. The van der Waals surface area contributed by atoms with Crippen molar-refractivity contribution < 1.29 is 35.9 Å². The van der Waals surface area contributed by atoms with Crippen molar-refractivity contribution in [1.82, 2.24) is 5.16 Å². The summed E-state index contributed by atoms with van der Waals surface area (Å²) >= 11 is 0. The fourth-order valence-corrected chi connectivity index (χ4v) is 3.24. The molecule has 6 nitrogen and oxygen atoms in total. The lowest BCUT2D eigenvalue weighted by Crippen LogP contribution is -3.00. The van der Waals surface area contributed by atoms with Crippen molar-refractivity contribution >= 4 is 11.7 Å². The van der Waals surface area contributed by atoms with Crippen molar-refractivity contribution in [3.05, 3.63) is 12.3 Å². The molecule has 0 aromatic carbocycles. The minimum atomic E-state index is -0.243. The van der Waals surface area contributed by atoms with E-state index in [0.717, 1.165) is 25.9 Å². The van der Waals surface area contributed by atoms with Crippen LogP contribution in [-0.2, 0) is 4.79 Å². The zero-order valence-corrected chi connectivity index (χ0v) is 12.2. The van der Waals surface area contributed by atoms with Crippen LogP contribution in [0.5, 0.6) is 0 Å². The van der Waals surface area contributed by atoms with E-state index in [-0.39, 0.29) is 29.0 Å². The van der Waals surface area contributed by atoms with Gasteiger partial charge in [-0.3, -0.25) is 4.79 Å². The summed E-state index contributed by atoms with van der Waals surface area (Å²) in [7, 11) is 0. The van der Waals surface area contributed by atoms with E-state index in [9.17, 15) is 9.90 Å². The van der Waals surface area contributed by atoms with Gasteiger partial charge < -0.3 is 36.4 Å². The molecule has 19 heavy (non-hydrogen) atoms. The number of quaternary nitrogens is 1. The molecule has 7 heteroatoms. The molecule has 3 aliphatic heterocycles. The molecule has 0 radical (unpaired) electrons. The normalized spacial score (nSPS) is 32.7. The highest BCUT2D eigenvalue weighted by Gasteiger charge is 2.46. The number of amides is 1. The summed E-state index contributed by atoms with van der Waals surface area (Å²) in [5, 5.41) is 16.3. The topological polar surface area (TPSA) is 75.4 Å². The predicted molar refractivity (Wildman–Crippen MR) is 63.6 cm³/mol. The lowest BCUT2D eigenvalue weighted by molar-refractivity contribution is -0.939. The summed E-state index contributed by atoms with van der Waals surface area (Å²) < 4.78 is 5.38. The zero-order valence-electron chi connectivity index (χ0n) is 10.6. The standard InChI is InChI=1S/C12H17N3O3.BrH/c16-10-7-15(4-1-9(10)2-5-15)8-12(17)13-11-3-6-18-14-11;/h3,6,9-10,16H,1-2,4-5,7-8H2;1H/t9?,10-,15?;/m0./s1. The maximum atomic E-state index is 12.0. The molecule has 1 aromatic rings. The Morgan fingerprint density at radius 2 is 2.26 bits per heavy atom. The number of aliphatic hydroxyl groups excluding tert-OH is 1. The molecule has 4 heterocycles. The highest BCUT2D eigenvalue weighted by atomic mass is 79.9. The minimum Gasteiger partial charge on any atom is -1.00 e. The van der Waals surface area contributed by atoms with Gasteiger partial charge in [0.25, 0.3) is 5.91 Å². The number of carbonyl (C=O) groups is 1. The molecule has 0 spiro atoms. The molecule has 0 unspecified atom stereocenters. The number of nitrogens with zero attached hydrogens (tertiary/aromatic N) is 2. The fourth-order valence-electron chi connectivity index (χ4n) is 3.24. The van der Waals surface area contributed by atoms with Crippen molar-refractivity contribution in [3.63, 3.8) is 0 Å². The quantitative estimate of drug-likeness (QED) is 0.587. The number of aromatic nitrogens is 1. The third-order valence-corrected chi connectivity index (χ3v) is 4.25. The monoisotopic (exact) mass is 331 g/mol. The van der Waals surface area contributed by atoms with Gasteiger partial charge in [0.1, 0.15) is 18.9 Å². The smallest absolute Gasteiger partial charge is 0.280 e. The number of rotatable bonds is 3. The third-order valence-electron chi connectivity index (χ3n) is 4.25. The maximum absolute atomic E-state index is 12.0. The van der Waals surface area contributed by atoms with E-state index in [1.165, 1.54) is 6.26 Å². The van der Waals surface area contributed by atoms with Crippen LogP contribution in [0.25, 0.3) is 0 Å². The average molecular weight is 332 g/mol. The van der Waals surface area contributed by atoms with Crippen molar-refractivity contribution in [2.45, 2.75) is 18.9 Å². The first-order valence-electron chi connectivity index (χ1n) is 6.40. The van der Waals surface area contributed by atoms with E-state index in [2.05, 4.69) is 15.0 Å². The number of fused-ring (bicyclic) bond motifs is 3. The third kappa shape index (κ3) is 2.98. The van der Waals surface area contributed by atoms with Gasteiger partial charge in [0.05, 0.1) is 13.1 Å². The van der Waals surface area contributed by atoms with E-state index in [4.69, 9.17) is 0 Å². The number of halogens is 1. The molecule has 3 saturated heterocycles. The molecule has 4 rings (SSSR count). The predicted octanol–water partition coefficient (Wildman–Crippen LogP) is -2.78. The summed E-state index contributed by atoms with van der Waals surface area (Å²) in [5.74, 6) is 0.839. The van der Waals surface area contributed by atoms with Crippen molar-refractivity contribution in [1.29, 1.82) is 0 Å². The molecule has 2 bridgehead atoms. The largest absolute Gasteiger partial charge is 1.00 e. The minimum absolute atomic E-state index is 0. The average Bonchev–Trinajstić information content (AvgIpc) is 2.82. The molecule has 0 saturated carbocycles. The number of anilines is 1. The Balaban J connectivity index is 0.00000133. The van der Waals surface area contributed by atoms with E-state index in [1.807, 2.05) is 0 Å². The Morgan fingerprint density at radius 3 is 2.84 bits per heavy atom. The van der Waals surface area contributed by atoms with Crippen LogP contribution in [0.15, 0.2) is 16.9 Å². The second kappa shape index (κ2) is 5.60. The first-order valence-corrected chi connectivity index (χ1v) is 6.40. The van der Waals surface area contributed by atoms with E-state index in [1.54, 1.807) is 6.07 Å². The number of hydrogen-bond acceptors (Lipinski definition) is 4. The van der Waals surface area contributed by atoms with Gasteiger partial charge in [0.15, 0.2) is 12.4 Å². The van der Waals surface area contributed by atoms with Gasteiger partial charge in [-0.05, 0) is 0 Å². The summed E-state index contributed by atoms with van der Waals surface area (Å²) in [6.07, 6.45) is 3.24. The van der Waals surface area contributed by atoms with Crippen LogP contribution < -0.4 is 22.3 Å².